The summed E-state index contributed by atoms with van der Waals surface area (Å²) >= 11 is 0. The van der Waals surface area contributed by atoms with Crippen LogP contribution in [0.1, 0.15) is 37.8 Å². The van der Waals surface area contributed by atoms with E-state index in [1.807, 2.05) is 0 Å². The molecule has 0 amide bonds. The second-order valence-corrected chi connectivity index (χ2v) is 5.46. The van der Waals surface area contributed by atoms with Crippen molar-refractivity contribution in [3.63, 3.8) is 0 Å². The van der Waals surface area contributed by atoms with Gasteiger partial charge in [-0.25, -0.2) is 0 Å². The molecule has 4 nitrogen and oxygen atoms in total. The van der Waals surface area contributed by atoms with Crippen molar-refractivity contribution in [1.82, 2.24) is 5.32 Å². The van der Waals surface area contributed by atoms with E-state index in [-0.39, 0.29) is 6.04 Å². The van der Waals surface area contributed by atoms with Crippen LogP contribution in [0.3, 0.4) is 0 Å². The van der Waals surface area contributed by atoms with E-state index >= 15 is 0 Å². The van der Waals surface area contributed by atoms with Gasteiger partial charge in [0.15, 0.2) is 0 Å². The first-order chi connectivity index (χ1) is 10.3. The number of hydrogen-bond acceptors (Lipinski definition) is 4. The highest BCUT2D eigenvalue weighted by atomic mass is 16.5. The molecule has 0 aliphatic heterocycles. The van der Waals surface area contributed by atoms with E-state index in [2.05, 4.69) is 36.5 Å². The van der Waals surface area contributed by atoms with Crippen molar-refractivity contribution in [2.24, 2.45) is 0 Å². The molecule has 1 saturated carbocycles. The molecule has 1 aromatic rings. The zero-order chi connectivity index (χ0) is 14.9. The van der Waals surface area contributed by atoms with Crippen LogP contribution >= 0.6 is 0 Å². The zero-order valence-electron chi connectivity index (χ0n) is 13.1. The summed E-state index contributed by atoms with van der Waals surface area (Å²) in [6.45, 7) is 5.07. The highest BCUT2D eigenvalue weighted by Gasteiger charge is 2.23. The van der Waals surface area contributed by atoms with Crippen molar-refractivity contribution in [3.05, 3.63) is 29.8 Å². The van der Waals surface area contributed by atoms with Crippen LogP contribution in [0.15, 0.2) is 24.3 Å². The van der Waals surface area contributed by atoms with Gasteiger partial charge < -0.3 is 19.5 Å². The standard InChI is InChI=1S/C17H27NO3/c1-3-10-18-17(13-20-12-11-19-2)14-4-6-15(7-5-14)21-16-8-9-16/h4-7,16-18H,3,8-13H2,1-2H3. The van der Waals surface area contributed by atoms with Gasteiger partial charge in [-0.3, -0.25) is 0 Å². The predicted molar refractivity (Wildman–Crippen MR) is 83.8 cm³/mol. The summed E-state index contributed by atoms with van der Waals surface area (Å²) in [6, 6.07) is 8.60. The molecule has 1 aliphatic carbocycles. The van der Waals surface area contributed by atoms with Gasteiger partial charge in [-0.15, -0.1) is 0 Å². The summed E-state index contributed by atoms with van der Waals surface area (Å²) < 4.78 is 16.5. The maximum atomic E-state index is 5.79. The highest BCUT2D eigenvalue weighted by Crippen LogP contribution is 2.27. The third-order valence-corrected chi connectivity index (χ3v) is 3.47. The minimum Gasteiger partial charge on any atom is -0.490 e. The number of hydrogen-bond donors (Lipinski definition) is 1. The number of ether oxygens (including phenoxy) is 3. The molecule has 0 bridgehead atoms. The Morgan fingerprint density at radius 2 is 1.95 bits per heavy atom. The van der Waals surface area contributed by atoms with E-state index in [1.54, 1.807) is 7.11 Å². The topological polar surface area (TPSA) is 39.7 Å². The van der Waals surface area contributed by atoms with Gasteiger partial charge in [0.1, 0.15) is 5.75 Å². The summed E-state index contributed by atoms with van der Waals surface area (Å²) in [5, 5.41) is 3.53. The Balaban J connectivity index is 1.87. The molecule has 2 rings (SSSR count). The first-order valence-corrected chi connectivity index (χ1v) is 7.90. The van der Waals surface area contributed by atoms with Gasteiger partial charge in [-0.05, 0) is 43.5 Å². The summed E-state index contributed by atoms with van der Waals surface area (Å²) in [4.78, 5) is 0. The fraction of sp³-hybridized carbons (Fsp3) is 0.647. The number of methoxy groups -OCH3 is 1. The molecule has 1 atom stereocenters. The molecule has 1 N–H and O–H groups in total. The van der Waals surface area contributed by atoms with Crippen LogP contribution in [0.2, 0.25) is 0 Å². The van der Waals surface area contributed by atoms with Crippen molar-refractivity contribution in [1.29, 1.82) is 0 Å². The minimum absolute atomic E-state index is 0.219. The lowest BCUT2D eigenvalue weighted by Crippen LogP contribution is -2.26. The Kier molecular flexibility index (Phi) is 7.00. The Labute approximate surface area is 127 Å². The molecule has 1 aromatic carbocycles. The zero-order valence-corrected chi connectivity index (χ0v) is 13.1. The molecule has 0 heterocycles. The van der Waals surface area contributed by atoms with Crippen molar-refractivity contribution in [3.8, 4) is 5.75 Å². The van der Waals surface area contributed by atoms with E-state index in [9.17, 15) is 0 Å². The van der Waals surface area contributed by atoms with Crippen LogP contribution in [0.25, 0.3) is 0 Å². The third kappa shape index (κ3) is 6.04. The van der Waals surface area contributed by atoms with Crippen LogP contribution in [0.4, 0.5) is 0 Å². The van der Waals surface area contributed by atoms with E-state index < -0.39 is 0 Å². The highest BCUT2D eigenvalue weighted by molar-refractivity contribution is 5.29. The van der Waals surface area contributed by atoms with Crippen molar-refractivity contribution in [2.45, 2.75) is 38.3 Å². The normalized spacial score (nSPS) is 15.9. The molecule has 0 spiro atoms. The minimum atomic E-state index is 0.219. The molecule has 118 valence electrons. The predicted octanol–water partition coefficient (Wildman–Crippen LogP) is 2.93. The van der Waals surface area contributed by atoms with Crippen molar-refractivity contribution in [2.75, 3.05) is 33.5 Å². The van der Waals surface area contributed by atoms with Gasteiger partial charge in [0.2, 0.25) is 0 Å². The van der Waals surface area contributed by atoms with Crippen LogP contribution in [0.5, 0.6) is 5.75 Å². The van der Waals surface area contributed by atoms with E-state index in [0.29, 0.717) is 25.9 Å². The third-order valence-electron chi connectivity index (χ3n) is 3.47. The van der Waals surface area contributed by atoms with E-state index in [4.69, 9.17) is 14.2 Å². The van der Waals surface area contributed by atoms with Gasteiger partial charge in [0.25, 0.3) is 0 Å². The average Bonchev–Trinajstić information content (AvgIpc) is 3.32. The smallest absolute Gasteiger partial charge is 0.119 e. The largest absolute Gasteiger partial charge is 0.490 e. The quantitative estimate of drug-likeness (QED) is 0.637. The summed E-state index contributed by atoms with van der Waals surface area (Å²) in [6.07, 6.45) is 3.94. The van der Waals surface area contributed by atoms with Crippen LogP contribution in [-0.2, 0) is 9.47 Å². The fourth-order valence-corrected chi connectivity index (χ4v) is 2.09. The second kappa shape index (κ2) is 9.03. The summed E-state index contributed by atoms with van der Waals surface area (Å²) in [5.74, 6) is 0.968. The number of benzene rings is 1. The van der Waals surface area contributed by atoms with Crippen molar-refractivity contribution >= 4 is 0 Å². The fourth-order valence-electron chi connectivity index (χ4n) is 2.09. The Bertz CT molecular complexity index is 390. The Morgan fingerprint density at radius 3 is 2.57 bits per heavy atom. The van der Waals surface area contributed by atoms with E-state index in [0.717, 1.165) is 18.7 Å². The second-order valence-electron chi connectivity index (χ2n) is 5.46. The van der Waals surface area contributed by atoms with E-state index in [1.165, 1.54) is 18.4 Å². The van der Waals surface area contributed by atoms with Gasteiger partial charge in [0.05, 0.1) is 32.0 Å². The molecule has 4 heteroatoms. The number of rotatable bonds is 11. The summed E-state index contributed by atoms with van der Waals surface area (Å²) in [5.41, 5.74) is 1.24. The first-order valence-electron chi connectivity index (χ1n) is 7.90. The number of nitrogens with one attached hydrogen (secondary N) is 1. The molecule has 0 radical (unpaired) electrons. The summed E-state index contributed by atoms with van der Waals surface area (Å²) in [7, 11) is 1.69. The SMILES string of the molecule is CCCNC(COCCOC)c1ccc(OC2CC2)cc1. The Hall–Kier alpha value is -1.10. The monoisotopic (exact) mass is 293 g/mol. The Morgan fingerprint density at radius 1 is 1.19 bits per heavy atom. The lowest BCUT2D eigenvalue weighted by Gasteiger charge is -2.19. The van der Waals surface area contributed by atoms with Gasteiger partial charge in [-0.1, -0.05) is 19.1 Å². The van der Waals surface area contributed by atoms with Crippen molar-refractivity contribution < 1.29 is 14.2 Å². The molecule has 0 saturated heterocycles. The maximum absolute atomic E-state index is 5.79. The lowest BCUT2D eigenvalue weighted by molar-refractivity contribution is 0.0586. The maximum Gasteiger partial charge on any atom is 0.119 e. The van der Waals surface area contributed by atoms with Crippen LogP contribution in [0, 0.1) is 0 Å². The molecule has 0 aromatic heterocycles. The lowest BCUT2D eigenvalue weighted by atomic mass is 10.1. The molecular formula is C17H27NO3. The van der Waals surface area contributed by atoms with Crippen LogP contribution < -0.4 is 10.1 Å². The molecule has 21 heavy (non-hydrogen) atoms. The van der Waals surface area contributed by atoms with Gasteiger partial charge in [-0.2, -0.15) is 0 Å². The first kappa shape index (κ1) is 16.3. The average molecular weight is 293 g/mol. The van der Waals surface area contributed by atoms with Gasteiger partial charge in [0, 0.05) is 7.11 Å². The molecule has 1 aliphatic rings. The molecule has 1 unspecified atom stereocenters. The van der Waals surface area contributed by atoms with Gasteiger partial charge >= 0.3 is 0 Å². The molecular weight excluding hydrogens is 266 g/mol. The molecule has 1 fully saturated rings. The van der Waals surface area contributed by atoms with Crippen LogP contribution in [-0.4, -0.2) is 39.6 Å².